The van der Waals surface area contributed by atoms with Gasteiger partial charge in [-0.15, -0.1) is 0 Å². The van der Waals surface area contributed by atoms with Crippen molar-refractivity contribution >= 4 is 41.2 Å². The summed E-state index contributed by atoms with van der Waals surface area (Å²) < 4.78 is 0. The Morgan fingerprint density at radius 3 is 2.00 bits per heavy atom. The third kappa shape index (κ3) is 15.2. The van der Waals surface area contributed by atoms with Gasteiger partial charge < -0.3 is 48.7 Å². The summed E-state index contributed by atoms with van der Waals surface area (Å²) in [6.07, 6.45) is 0.567. The first-order chi connectivity index (χ1) is 22.0. The summed E-state index contributed by atoms with van der Waals surface area (Å²) in [5.74, 6) is -3.65. The number of hydrogen-bond donors (Lipinski definition) is 8. The Bertz CT molecular complexity index is 1410. The third-order valence-corrected chi connectivity index (χ3v) is 6.49. The fourth-order valence-corrected chi connectivity index (χ4v) is 4.02. The summed E-state index contributed by atoms with van der Waals surface area (Å²) in [5, 5.41) is 32.8. The maximum Gasteiger partial charge on any atom is 0.300 e. The van der Waals surface area contributed by atoms with Gasteiger partial charge in [-0.3, -0.25) is 39.1 Å². The quantitative estimate of drug-likeness (QED) is 0.0335. The lowest BCUT2D eigenvalue weighted by molar-refractivity contribution is -0.384. The molecule has 0 unspecified atom stereocenters. The number of nitrogens with two attached hydrogens (primary N) is 4. The first-order valence-electron chi connectivity index (χ1n) is 14.2. The van der Waals surface area contributed by atoms with Gasteiger partial charge in [-0.2, -0.15) is 0 Å². The smallest absolute Gasteiger partial charge is 0.300 e. The van der Waals surface area contributed by atoms with E-state index in [-0.39, 0.29) is 43.2 Å². The summed E-state index contributed by atoms with van der Waals surface area (Å²) in [6, 6.07) is 8.41. The van der Waals surface area contributed by atoms with Crippen LogP contribution in [-0.2, 0) is 36.8 Å². The largest absolute Gasteiger partial charge is 0.508 e. The minimum absolute atomic E-state index is 0.00803. The second-order valence-corrected chi connectivity index (χ2v) is 10.3. The molecule has 0 aliphatic rings. The number of carboxylic acid groups (broad SMARTS) is 1. The number of primary amides is 1. The molecule has 2 rings (SSSR count). The number of nitro groups is 1. The molecule has 2 aromatic rings. The number of aromatic hydroxyl groups is 1. The lowest BCUT2D eigenvalue weighted by Crippen LogP contribution is -2.54. The molecular formula is C29H41N9O9. The number of hydrogen-bond acceptors (Lipinski definition) is 10. The van der Waals surface area contributed by atoms with Crippen LogP contribution in [0.1, 0.15) is 30.9 Å². The van der Waals surface area contributed by atoms with E-state index in [1.165, 1.54) is 43.4 Å². The van der Waals surface area contributed by atoms with Gasteiger partial charge in [-0.1, -0.05) is 24.3 Å². The number of aliphatic imine (C=N–C) groups is 1. The van der Waals surface area contributed by atoms with Crippen molar-refractivity contribution in [2.75, 3.05) is 20.1 Å². The van der Waals surface area contributed by atoms with E-state index in [1.807, 2.05) is 0 Å². The average Bonchev–Trinajstić information content (AvgIpc) is 3.00. The van der Waals surface area contributed by atoms with E-state index in [9.17, 15) is 34.4 Å². The number of nitro benzene ring substituents is 1. The van der Waals surface area contributed by atoms with Crippen molar-refractivity contribution in [3.05, 3.63) is 69.8 Å². The van der Waals surface area contributed by atoms with Gasteiger partial charge in [0.25, 0.3) is 11.7 Å². The van der Waals surface area contributed by atoms with Crippen LogP contribution in [0.4, 0.5) is 5.69 Å². The van der Waals surface area contributed by atoms with E-state index in [0.29, 0.717) is 17.5 Å². The van der Waals surface area contributed by atoms with E-state index in [1.54, 1.807) is 12.1 Å². The molecule has 0 bridgehead atoms. The summed E-state index contributed by atoms with van der Waals surface area (Å²) in [6.45, 7) is 0.755. The van der Waals surface area contributed by atoms with Gasteiger partial charge >= 0.3 is 0 Å². The highest BCUT2D eigenvalue weighted by molar-refractivity contribution is 5.93. The molecule has 0 saturated carbocycles. The fraction of sp³-hybridized carbons (Fsp3) is 0.379. The Hall–Kier alpha value is -5.78. The number of phenolic OH excluding ortho intramolecular Hbond substituents is 1. The van der Waals surface area contributed by atoms with Crippen LogP contribution in [0.3, 0.4) is 0 Å². The third-order valence-electron chi connectivity index (χ3n) is 6.49. The number of aliphatic carboxylic acids is 1. The Labute approximate surface area is 270 Å². The summed E-state index contributed by atoms with van der Waals surface area (Å²) in [7, 11) is 1.34. The Morgan fingerprint density at radius 1 is 0.957 bits per heavy atom. The van der Waals surface area contributed by atoms with Crippen LogP contribution in [0.25, 0.3) is 0 Å². The number of carbonyl (C=O) groups is 5. The van der Waals surface area contributed by atoms with Crippen molar-refractivity contribution in [1.29, 1.82) is 0 Å². The summed E-state index contributed by atoms with van der Waals surface area (Å²) >= 11 is 0. The first kappa shape index (κ1) is 39.2. The van der Waals surface area contributed by atoms with Gasteiger partial charge in [0.1, 0.15) is 17.8 Å². The SMILES string of the molecule is CC(=O)O.CN(C(=O)CNC(=O)[C@@H](CCCN=C(N)N)NC(=O)[C@@H](N)Cc1ccc(O)cc1)[C@H](Cc1ccc([N+](=O)[O-])cc1)C(N)=O. The fourth-order valence-electron chi connectivity index (χ4n) is 4.02. The number of rotatable bonds is 16. The van der Waals surface area contributed by atoms with Crippen LogP contribution >= 0.6 is 0 Å². The molecule has 2 aromatic carbocycles. The van der Waals surface area contributed by atoms with Crippen LogP contribution in [-0.4, -0.2) is 93.9 Å². The minimum atomic E-state index is -1.10. The van der Waals surface area contributed by atoms with E-state index in [0.717, 1.165) is 11.8 Å². The molecule has 0 fully saturated rings. The highest BCUT2D eigenvalue weighted by atomic mass is 16.6. The molecule has 0 radical (unpaired) electrons. The molecule has 0 aromatic heterocycles. The maximum atomic E-state index is 13.0. The van der Waals surface area contributed by atoms with E-state index in [4.69, 9.17) is 32.8 Å². The van der Waals surface area contributed by atoms with Crippen molar-refractivity contribution in [1.82, 2.24) is 15.5 Å². The van der Waals surface area contributed by atoms with Crippen molar-refractivity contribution in [2.45, 2.75) is 50.7 Å². The Morgan fingerprint density at radius 2 is 1.49 bits per heavy atom. The second kappa shape index (κ2) is 19.6. The number of likely N-dealkylation sites (N-methyl/N-ethyl adjacent to an activating group) is 1. The van der Waals surface area contributed by atoms with Gasteiger partial charge in [0.2, 0.25) is 23.6 Å². The van der Waals surface area contributed by atoms with Crippen LogP contribution in [0.15, 0.2) is 53.5 Å². The summed E-state index contributed by atoms with van der Waals surface area (Å²) in [5.41, 5.74) is 23.3. The lowest BCUT2D eigenvalue weighted by Gasteiger charge is -2.26. The molecule has 47 heavy (non-hydrogen) atoms. The predicted molar refractivity (Wildman–Crippen MR) is 170 cm³/mol. The highest BCUT2D eigenvalue weighted by Gasteiger charge is 2.28. The molecule has 0 spiro atoms. The molecule has 0 aliphatic carbocycles. The summed E-state index contributed by atoms with van der Waals surface area (Å²) in [4.78, 5) is 75.1. The number of amides is 4. The second-order valence-electron chi connectivity index (χ2n) is 10.3. The molecular weight excluding hydrogens is 618 g/mol. The van der Waals surface area contributed by atoms with Crippen LogP contribution in [0.5, 0.6) is 5.75 Å². The first-order valence-corrected chi connectivity index (χ1v) is 14.2. The molecule has 256 valence electrons. The number of nitrogens with one attached hydrogen (secondary N) is 2. The van der Waals surface area contributed by atoms with Gasteiger partial charge in [0.15, 0.2) is 5.96 Å². The molecule has 12 N–H and O–H groups in total. The number of non-ortho nitro benzene ring substituents is 1. The molecule has 0 heterocycles. The van der Waals surface area contributed by atoms with Crippen LogP contribution < -0.4 is 33.6 Å². The van der Waals surface area contributed by atoms with E-state index < -0.39 is 59.2 Å². The molecule has 0 aliphatic heterocycles. The standard InChI is InChI=1S/C27H37N9O7.C2H4O2/c1-35(22(24(29)39)14-17-4-8-18(9-5-17)36(42)43)23(38)15-33-26(41)21(3-2-12-32-27(30)31)34-25(40)20(28)13-16-6-10-19(37)11-7-16;1-2(3)4/h4-11,20-22,37H,2-3,12-15,28H2,1H3,(H2,29,39)(H,33,41)(H,34,40)(H4,30,31,32);1H3,(H,3,4)/t20-,21+,22+;/m0./s1. The maximum absolute atomic E-state index is 13.0. The van der Waals surface area contributed by atoms with Crippen molar-refractivity contribution in [3.8, 4) is 5.75 Å². The zero-order chi connectivity index (χ0) is 35.7. The Balaban J connectivity index is 0.00000260. The normalized spacial score (nSPS) is 12.1. The average molecular weight is 660 g/mol. The van der Waals surface area contributed by atoms with Crippen molar-refractivity contribution in [3.63, 3.8) is 0 Å². The van der Waals surface area contributed by atoms with Gasteiger partial charge in [0.05, 0.1) is 17.5 Å². The molecule has 3 atom stereocenters. The molecule has 18 nitrogen and oxygen atoms in total. The molecule has 18 heteroatoms. The number of benzene rings is 2. The number of carboxylic acids is 1. The zero-order valence-corrected chi connectivity index (χ0v) is 26.0. The van der Waals surface area contributed by atoms with Crippen LogP contribution in [0.2, 0.25) is 0 Å². The van der Waals surface area contributed by atoms with E-state index >= 15 is 0 Å². The molecule has 4 amide bonds. The monoisotopic (exact) mass is 659 g/mol. The van der Waals surface area contributed by atoms with Gasteiger partial charge in [0, 0.05) is 39.1 Å². The predicted octanol–water partition coefficient (Wildman–Crippen LogP) is -1.53. The number of nitrogens with zero attached hydrogens (tertiary/aromatic N) is 3. The number of carbonyl (C=O) groups excluding carboxylic acids is 4. The lowest BCUT2D eigenvalue weighted by atomic mass is 10.0. The minimum Gasteiger partial charge on any atom is -0.508 e. The van der Waals surface area contributed by atoms with Crippen molar-refractivity contribution in [2.24, 2.45) is 27.9 Å². The van der Waals surface area contributed by atoms with Crippen molar-refractivity contribution < 1.29 is 39.1 Å². The van der Waals surface area contributed by atoms with E-state index in [2.05, 4.69) is 15.6 Å². The molecule has 0 saturated heterocycles. The number of phenols is 1. The topological polar surface area (TPSA) is 313 Å². The highest BCUT2D eigenvalue weighted by Crippen LogP contribution is 2.15. The number of guanidine groups is 1. The zero-order valence-electron chi connectivity index (χ0n) is 26.0. The van der Waals surface area contributed by atoms with Gasteiger partial charge in [-0.25, -0.2) is 0 Å². The van der Waals surface area contributed by atoms with Crippen LogP contribution in [0, 0.1) is 10.1 Å². The Kier molecular flexibility index (Phi) is 16.3. The van der Waals surface area contributed by atoms with Gasteiger partial charge in [-0.05, 0) is 42.5 Å².